The highest BCUT2D eigenvalue weighted by molar-refractivity contribution is 5.98. The van der Waals surface area contributed by atoms with Crippen molar-refractivity contribution in [2.45, 2.75) is 71.4 Å². The van der Waals surface area contributed by atoms with Gasteiger partial charge >= 0.3 is 6.09 Å². The molecule has 1 saturated heterocycles. The SMILES string of the molecule is CCC(NC(=O)OC(CC(C)(C)C)C(=O)N1CCOCC1)C(=O)c1noc(C2CC2)n1. The number of rotatable bonds is 8. The van der Waals surface area contributed by atoms with Gasteiger partial charge < -0.3 is 24.2 Å². The number of nitrogens with zero attached hydrogens (tertiary/aromatic N) is 3. The number of ketones is 1. The summed E-state index contributed by atoms with van der Waals surface area (Å²) in [4.78, 5) is 44.1. The lowest BCUT2D eigenvalue weighted by atomic mass is 9.88. The summed E-state index contributed by atoms with van der Waals surface area (Å²) in [5, 5.41) is 6.32. The van der Waals surface area contributed by atoms with E-state index in [0.29, 0.717) is 45.0 Å². The molecule has 3 rings (SSSR count). The Hall–Kier alpha value is -2.49. The second-order valence-corrected chi connectivity index (χ2v) is 9.30. The van der Waals surface area contributed by atoms with Crippen molar-refractivity contribution < 1.29 is 28.4 Å². The van der Waals surface area contributed by atoms with E-state index in [1.165, 1.54) is 0 Å². The number of carbonyl (C=O) groups is 3. The van der Waals surface area contributed by atoms with E-state index in [1.807, 2.05) is 20.8 Å². The van der Waals surface area contributed by atoms with Crippen LogP contribution in [0.25, 0.3) is 0 Å². The molecule has 1 aliphatic carbocycles. The zero-order valence-corrected chi connectivity index (χ0v) is 18.7. The summed E-state index contributed by atoms with van der Waals surface area (Å²) in [6, 6.07) is -0.870. The first kappa shape index (κ1) is 23.2. The molecule has 10 heteroatoms. The smallest absolute Gasteiger partial charge is 0.408 e. The van der Waals surface area contributed by atoms with E-state index >= 15 is 0 Å². The maximum absolute atomic E-state index is 13.0. The van der Waals surface area contributed by atoms with E-state index in [-0.39, 0.29) is 23.1 Å². The third-order valence-corrected chi connectivity index (χ3v) is 5.25. The first-order valence-corrected chi connectivity index (χ1v) is 10.9. The molecule has 2 amide bonds. The average Bonchev–Trinajstić information content (AvgIpc) is 3.46. The predicted molar refractivity (Wildman–Crippen MR) is 110 cm³/mol. The topological polar surface area (TPSA) is 124 Å². The van der Waals surface area contributed by atoms with Crippen molar-refractivity contribution in [2.24, 2.45) is 5.41 Å². The molecule has 0 radical (unpaired) electrons. The Kier molecular flexibility index (Phi) is 7.30. The molecule has 0 aromatic carbocycles. The van der Waals surface area contributed by atoms with Crippen molar-refractivity contribution in [3.63, 3.8) is 0 Å². The molecule has 2 unspecified atom stereocenters. The van der Waals surface area contributed by atoms with Gasteiger partial charge in [0.15, 0.2) is 6.10 Å². The van der Waals surface area contributed by atoms with E-state index in [9.17, 15) is 14.4 Å². The van der Waals surface area contributed by atoms with Crippen LogP contribution in [0.1, 0.15) is 75.8 Å². The molecule has 1 N–H and O–H groups in total. The fourth-order valence-corrected chi connectivity index (χ4v) is 3.37. The van der Waals surface area contributed by atoms with Gasteiger partial charge in [-0.05, 0) is 31.1 Å². The summed E-state index contributed by atoms with van der Waals surface area (Å²) in [5.74, 6) is -0.0507. The lowest BCUT2D eigenvalue weighted by Crippen LogP contribution is -2.50. The summed E-state index contributed by atoms with van der Waals surface area (Å²) < 4.78 is 16.0. The number of carbonyl (C=O) groups excluding carboxylic acids is 3. The molecule has 2 fully saturated rings. The Balaban J connectivity index is 1.63. The minimum Gasteiger partial charge on any atom is -0.436 e. The molecule has 0 spiro atoms. The Morgan fingerprint density at radius 1 is 1.23 bits per heavy atom. The zero-order valence-electron chi connectivity index (χ0n) is 18.7. The number of amides is 2. The van der Waals surface area contributed by atoms with Crippen LogP contribution in [0, 0.1) is 5.41 Å². The van der Waals surface area contributed by atoms with Gasteiger partial charge in [0.05, 0.1) is 19.3 Å². The van der Waals surface area contributed by atoms with Gasteiger partial charge in [-0.25, -0.2) is 4.79 Å². The quantitative estimate of drug-likeness (QED) is 0.616. The number of morpholine rings is 1. The molecule has 1 aromatic heterocycles. The standard InChI is InChI=1S/C21H32N4O6/c1-5-14(16(26)17-23-18(31-24-17)13-6-7-13)22-20(28)30-15(12-21(2,3)4)19(27)25-8-10-29-11-9-25/h13-15H,5-12H2,1-4H3,(H,22,28). The number of aromatic nitrogens is 2. The van der Waals surface area contributed by atoms with Crippen molar-refractivity contribution in [2.75, 3.05) is 26.3 Å². The van der Waals surface area contributed by atoms with Crippen LogP contribution in [-0.2, 0) is 14.3 Å². The van der Waals surface area contributed by atoms with Crippen LogP contribution in [0.3, 0.4) is 0 Å². The summed E-state index contributed by atoms with van der Waals surface area (Å²) in [6.07, 6.45) is 0.868. The van der Waals surface area contributed by atoms with Gasteiger partial charge in [0.1, 0.15) is 0 Å². The minimum absolute atomic E-state index is 0.0512. The lowest BCUT2D eigenvalue weighted by Gasteiger charge is -2.32. The van der Waals surface area contributed by atoms with Gasteiger partial charge in [0.2, 0.25) is 17.5 Å². The monoisotopic (exact) mass is 436 g/mol. The van der Waals surface area contributed by atoms with Gasteiger partial charge in [0, 0.05) is 19.0 Å². The molecule has 10 nitrogen and oxygen atoms in total. The molecule has 2 heterocycles. The maximum Gasteiger partial charge on any atom is 0.408 e. The molecule has 1 aliphatic heterocycles. The van der Waals surface area contributed by atoms with Crippen molar-refractivity contribution in [3.05, 3.63) is 11.7 Å². The molecule has 31 heavy (non-hydrogen) atoms. The van der Waals surface area contributed by atoms with Crippen LogP contribution in [0.5, 0.6) is 0 Å². The Morgan fingerprint density at radius 2 is 1.90 bits per heavy atom. The molecule has 1 aromatic rings. The Morgan fingerprint density at radius 3 is 2.48 bits per heavy atom. The fourth-order valence-electron chi connectivity index (χ4n) is 3.37. The van der Waals surface area contributed by atoms with Crippen molar-refractivity contribution in [1.29, 1.82) is 0 Å². The summed E-state index contributed by atoms with van der Waals surface area (Å²) in [7, 11) is 0. The summed E-state index contributed by atoms with van der Waals surface area (Å²) in [6.45, 7) is 9.51. The van der Waals surface area contributed by atoms with Crippen LogP contribution in [0.15, 0.2) is 4.52 Å². The van der Waals surface area contributed by atoms with Gasteiger partial charge in [-0.3, -0.25) is 9.59 Å². The number of ether oxygens (including phenoxy) is 2. The second kappa shape index (κ2) is 9.76. The highest BCUT2D eigenvalue weighted by atomic mass is 16.6. The molecule has 0 bridgehead atoms. The summed E-state index contributed by atoms with van der Waals surface area (Å²) in [5.41, 5.74) is -0.239. The van der Waals surface area contributed by atoms with E-state index in [1.54, 1.807) is 11.8 Å². The summed E-state index contributed by atoms with van der Waals surface area (Å²) >= 11 is 0. The van der Waals surface area contributed by atoms with E-state index in [0.717, 1.165) is 12.8 Å². The number of nitrogens with one attached hydrogen (secondary N) is 1. The van der Waals surface area contributed by atoms with E-state index in [4.69, 9.17) is 14.0 Å². The van der Waals surface area contributed by atoms with Crippen molar-refractivity contribution in [3.8, 4) is 0 Å². The maximum atomic E-state index is 13.0. The number of Topliss-reactive ketones (excluding diaryl/α,β-unsaturated/α-hetero) is 1. The number of hydrogen-bond acceptors (Lipinski definition) is 8. The first-order valence-electron chi connectivity index (χ1n) is 10.9. The molecule has 172 valence electrons. The van der Waals surface area contributed by atoms with Crippen LogP contribution in [0.4, 0.5) is 4.79 Å². The van der Waals surface area contributed by atoms with Crippen LogP contribution in [0.2, 0.25) is 0 Å². The van der Waals surface area contributed by atoms with Crippen LogP contribution in [-0.4, -0.2) is 71.3 Å². The van der Waals surface area contributed by atoms with Gasteiger partial charge in [-0.1, -0.05) is 32.9 Å². The van der Waals surface area contributed by atoms with Gasteiger partial charge in [0.25, 0.3) is 5.91 Å². The lowest BCUT2D eigenvalue weighted by molar-refractivity contribution is -0.146. The van der Waals surface area contributed by atoms with Gasteiger partial charge in [-0.15, -0.1) is 0 Å². The van der Waals surface area contributed by atoms with Crippen molar-refractivity contribution >= 4 is 17.8 Å². The average molecular weight is 437 g/mol. The van der Waals surface area contributed by atoms with Gasteiger partial charge in [-0.2, -0.15) is 4.98 Å². The number of hydrogen-bond donors (Lipinski definition) is 1. The zero-order chi connectivity index (χ0) is 22.6. The normalized spacial score (nSPS) is 18.9. The molecule has 2 atom stereocenters. The fraction of sp³-hybridized carbons (Fsp3) is 0.762. The second-order valence-electron chi connectivity index (χ2n) is 9.30. The Labute approximate surface area is 182 Å². The largest absolute Gasteiger partial charge is 0.436 e. The Bertz CT molecular complexity index is 792. The highest BCUT2D eigenvalue weighted by Gasteiger charge is 2.35. The van der Waals surface area contributed by atoms with Crippen molar-refractivity contribution in [1.82, 2.24) is 20.4 Å². The molecular weight excluding hydrogens is 404 g/mol. The van der Waals surface area contributed by atoms with E-state index in [2.05, 4.69) is 15.5 Å². The third kappa shape index (κ3) is 6.49. The molecule has 1 saturated carbocycles. The highest BCUT2D eigenvalue weighted by Crippen LogP contribution is 2.38. The van der Waals surface area contributed by atoms with Crippen LogP contribution >= 0.6 is 0 Å². The first-order chi connectivity index (χ1) is 14.7. The molecule has 2 aliphatic rings. The number of alkyl carbamates (subject to hydrolysis) is 1. The van der Waals surface area contributed by atoms with Crippen LogP contribution < -0.4 is 5.32 Å². The molecular formula is C21H32N4O6. The van der Waals surface area contributed by atoms with E-state index < -0.39 is 24.0 Å². The predicted octanol–water partition coefficient (Wildman–Crippen LogP) is 2.30. The third-order valence-electron chi connectivity index (χ3n) is 5.25. The minimum atomic E-state index is -0.947.